The number of rotatable bonds is 1. The van der Waals surface area contributed by atoms with Gasteiger partial charge in [-0.3, -0.25) is 4.98 Å². The number of sulfone groups is 1. The maximum Gasteiger partial charge on any atom is 0.225 e. The van der Waals surface area contributed by atoms with Crippen LogP contribution in [-0.4, -0.2) is 29.6 Å². The third kappa shape index (κ3) is 1.40. The van der Waals surface area contributed by atoms with Gasteiger partial charge in [0.2, 0.25) is 15.0 Å². The van der Waals surface area contributed by atoms with Crippen molar-refractivity contribution in [2.75, 3.05) is 6.26 Å². The first kappa shape index (κ1) is 8.18. The van der Waals surface area contributed by atoms with Crippen LogP contribution in [0.3, 0.4) is 0 Å². The van der Waals surface area contributed by atoms with E-state index in [2.05, 4.69) is 15.0 Å². The zero-order valence-corrected chi connectivity index (χ0v) is 7.67. The molecule has 0 amide bonds. The molecule has 0 spiro atoms. The molecule has 13 heavy (non-hydrogen) atoms. The van der Waals surface area contributed by atoms with Crippen LogP contribution in [0.15, 0.2) is 23.6 Å². The normalized spacial score (nSPS) is 12.1. The van der Waals surface area contributed by atoms with Crippen molar-refractivity contribution >= 4 is 20.9 Å². The summed E-state index contributed by atoms with van der Waals surface area (Å²) in [4.78, 5) is 10.4. The molecule has 0 aliphatic heterocycles. The van der Waals surface area contributed by atoms with Gasteiger partial charge in [0, 0.05) is 12.5 Å². The van der Waals surface area contributed by atoms with Crippen LogP contribution in [0.1, 0.15) is 0 Å². The van der Waals surface area contributed by atoms with Crippen LogP contribution >= 0.6 is 0 Å². The van der Waals surface area contributed by atoms with Gasteiger partial charge in [0.1, 0.15) is 0 Å². The summed E-state index contributed by atoms with van der Waals surface area (Å²) in [7, 11) is -3.26. The van der Waals surface area contributed by atoms with Crippen LogP contribution in [0, 0.1) is 0 Å². The molecule has 0 fully saturated rings. The lowest BCUT2D eigenvalue weighted by Gasteiger charge is -1.86. The molecule has 6 heteroatoms. The van der Waals surface area contributed by atoms with E-state index in [1.807, 2.05) is 0 Å². The Balaban J connectivity index is 2.77. The standard InChI is InChI=1S/C7H7N3O2S/c1-13(11,12)7-9-5-2-3-8-4-6(5)10-7/h2-4H,1H3,(H,9,10). The molecule has 0 bridgehead atoms. The fourth-order valence-corrected chi connectivity index (χ4v) is 1.57. The summed E-state index contributed by atoms with van der Waals surface area (Å²) < 4.78 is 22.2. The third-order valence-electron chi connectivity index (χ3n) is 1.61. The zero-order valence-electron chi connectivity index (χ0n) is 6.85. The van der Waals surface area contributed by atoms with Crippen molar-refractivity contribution in [3.05, 3.63) is 18.5 Å². The number of imidazole rings is 1. The molecule has 1 N–H and O–H groups in total. The number of fused-ring (bicyclic) bond motifs is 1. The van der Waals surface area contributed by atoms with E-state index in [4.69, 9.17) is 0 Å². The Morgan fingerprint density at radius 2 is 2.23 bits per heavy atom. The van der Waals surface area contributed by atoms with Crippen molar-refractivity contribution in [1.29, 1.82) is 0 Å². The maximum atomic E-state index is 11.1. The SMILES string of the molecule is CS(=O)(=O)c1nc2ccncc2[nH]1. The zero-order chi connectivity index (χ0) is 9.47. The molecule has 68 valence electrons. The second-order valence-electron chi connectivity index (χ2n) is 2.71. The van der Waals surface area contributed by atoms with Crippen LogP contribution < -0.4 is 0 Å². The van der Waals surface area contributed by atoms with Crippen molar-refractivity contribution < 1.29 is 8.42 Å². The average Bonchev–Trinajstić information content (AvgIpc) is 2.45. The van der Waals surface area contributed by atoms with E-state index in [0.717, 1.165) is 6.26 Å². The Bertz CT molecular complexity index is 511. The lowest BCUT2D eigenvalue weighted by molar-refractivity contribution is 0.595. The summed E-state index contributed by atoms with van der Waals surface area (Å²) in [5, 5.41) is -0.0181. The monoisotopic (exact) mass is 197 g/mol. The molecule has 0 atom stereocenters. The van der Waals surface area contributed by atoms with Crippen LogP contribution in [0.25, 0.3) is 11.0 Å². The second kappa shape index (κ2) is 2.53. The number of hydrogen-bond donors (Lipinski definition) is 1. The van der Waals surface area contributed by atoms with Gasteiger partial charge in [-0.15, -0.1) is 0 Å². The van der Waals surface area contributed by atoms with Gasteiger partial charge >= 0.3 is 0 Å². The number of hydrogen-bond acceptors (Lipinski definition) is 4. The maximum absolute atomic E-state index is 11.1. The fraction of sp³-hybridized carbons (Fsp3) is 0.143. The molecule has 0 radical (unpaired) electrons. The number of H-pyrrole nitrogens is 1. The largest absolute Gasteiger partial charge is 0.327 e. The quantitative estimate of drug-likeness (QED) is 0.716. The first-order valence-corrected chi connectivity index (χ1v) is 5.46. The highest BCUT2D eigenvalue weighted by Gasteiger charge is 2.11. The molecular weight excluding hydrogens is 190 g/mol. The Hall–Kier alpha value is -1.43. The van der Waals surface area contributed by atoms with Crippen molar-refractivity contribution in [1.82, 2.24) is 15.0 Å². The topological polar surface area (TPSA) is 75.7 Å². The number of nitrogens with one attached hydrogen (secondary N) is 1. The molecule has 0 unspecified atom stereocenters. The molecule has 2 rings (SSSR count). The van der Waals surface area contributed by atoms with Gasteiger partial charge in [-0.1, -0.05) is 0 Å². The van der Waals surface area contributed by atoms with Gasteiger partial charge in [-0.2, -0.15) is 0 Å². The summed E-state index contributed by atoms with van der Waals surface area (Å²) in [6, 6.07) is 1.65. The van der Waals surface area contributed by atoms with Crippen molar-refractivity contribution in [2.45, 2.75) is 5.16 Å². The average molecular weight is 197 g/mol. The molecule has 0 aliphatic rings. The van der Waals surface area contributed by atoms with Gasteiger partial charge < -0.3 is 4.98 Å². The second-order valence-corrected chi connectivity index (χ2v) is 4.64. The lowest BCUT2D eigenvalue weighted by Crippen LogP contribution is -1.98. The fourth-order valence-electron chi connectivity index (χ4n) is 1.01. The Morgan fingerprint density at radius 3 is 2.85 bits per heavy atom. The molecule has 5 nitrogen and oxygen atoms in total. The summed E-state index contributed by atoms with van der Waals surface area (Å²) >= 11 is 0. The van der Waals surface area contributed by atoms with E-state index in [-0.39, 0.29) is 5.16 Å². The van der Waals surface area contributed by atoms with Gasteiger partial charge in [0.25, 0.3) is 0 Å². The van der Waals surface area contributed by atoms with E-state index >= 15 is 0 Å². The highest BCUT2D eigenvalue weighted by atomic mass is 32.2. The minimum atomic E-state index is -3.26. The number of pyridine rings is 1. The molecule has 2 heterocycles. The summed E-state index contributed by atoms with van der Waals surface area (Å²) in [5.41, 5.74) is 1.23. The smallest absolute Gasteiger partial charge is 0.225 e. The number of nitrogens with zero attached hydrogens (tertiary/aromatic N) is 2. The van der Waals surface area contributed by atoms with Crippen LogP contribution in [0.5, 0.6) is 0 Å². The molecule has 2 aromatic heterocycles. The minimum absolute atomic E-state index is 0.0181. The Kier molecular flexibility index (Phi) is 1.59. The number of aromatic nitrogens is 3. The van der Waals surface area contributed by atoms with Crippen molar-refractivity contribution in [2.24, 2.45) is 0 Å². The van der Waals surface area contributed by atoms with Gasteiger partial charge in [0.05, 0.1) is 17.2 Å². The first-order chi connectivity index (χ1) is 6.07. The van der Waals surface area contributed by atoms with E-state index in [1.165, 1.54) is 6.20 Å². The predicted molar refractivity (Wildman–Crippen MR) is 47.0 cm³/mol. The van der Waals surface area contributed by atoms with E-state index in [9.17, 15) is 8.42 Å². The van der Waals surface area contributed by atoms with E-state index in [0.29, 0.717) is 11.0 Å². The third-order valence-corrected chi connectivity index (χ3v) is 2.51. The van der Waals surface area contributed by atoms with Crippen LogP contribution in [0.2, 0.25) is 0 Å². The van der Waals surface area contributed by atoms with Crippen molar-refractivity contribution in [3.8, 4) is 0 Å². The molecule has 2 aromatic rings. The lowest BCUT2D eigenvalue weighted by atomic mass is 10.4. The predicted octanol–water partition coefficient (Wildman–Crippen LogP) is 0.361. The Labute approximate surface area is 74.8 Å². The summed E-state index contributed by atoms with van der Waals surface area (Å²) in [6.07, 6.45) is 4.21. The highest BCUT2D eigenvalue weighted by Crippen LogP contribution is 2.11. The first-order valence-electron chi connectivity index (χ1n) is 3.57. The summed E-state index contributed by atoms with van der Waals surface area (Å²) in [6.45, 7) is 0. The number of aromatic amines is 1. The van der Waals surface area contributed by atoms with Gasteiger partial charge in [-0.25, -0.2) is 13.4 Å². The van der Waals surface area contributed by atoms with E-state index in [1.54, 1.807) is 12.3 Å². The molecule has 0 aromatic carbocycles. The summed E-state index contributed by atoms with van der Waals surface area (Å²) in [5.74, 6) is 0. The van der Waals surface area contributed by atoms with Crippen LogP contribution in [0.4, 0.5) is 0 Å². The molecule has 0 aliphatic carbocycles. The molecule has 0 saturated heterocycles. The highest BCUT2D eigenvalue weighted by molar-refractivity contribution is 7.90. The minimum Gasteiger partial charge on any atom is -0.327 e. The van der Waals surface area contributed by atoms with Gasteiger partial charge in [-0.05, 0) is 6.07 Å². The van der Waals surface area contributed by atoms with Gasteiger partial charge in [0.15, 0.2) is 0 Å². The van der Waals surface area contributed by atoms with E-state index < -0.39 is 9.84 Å². The van der Waals surface area contributed by atoms with Crippen molar-refractivity contribution in [3.63, 3.8) is 0 Å². The Morgan fingerprint density at radius 1 is 1.46 bits per heavy atom. The van der Waals surface area contributed by atoms with Crippen LogP contribution in [-0.2, 0) is 9.84 Å². The molecular formula is C7H7N3O2S. The molecule has 0 saturated carbocycles.